The first-order chi connectivity index (χ1) is 8.68. The molecule has 3 nitrogen and oxygen atoms in total. The summed E-state index contributed by atoms with van der Waals surface area (Å²) in [6, 6.07) is 7.50. The molecule has 1 aromatic rings. The van der Waals surface area contributed by atoms with Gasteiger partial charge in [0, 0.05) is 5.02 Å². The Balaban J connectivity index is 1.96. The zero-order chi connectivity index (χ0) is 13.0. The maximum Gasteiger partial charge on any atom is 0.237 e. The number of hydrogen-bond acceptors (Lipinski definition) is 2. The second-order valence-electron chi connectivity index (χ2n) is 4.75. The van der Waals surface area contributed by atoms with Crippen LogP contribution in [0.25, 0.3) is 0 Å². The minimum absolute atomic E-state index is 0.0521. The van der Waals surface area contributed by atoms with Gasteiger partial charge in [-0.1, -0.05) is 36.2 Å². The fourth-order valence-electron chi connectivity index (χ4n) is 2.29. The van der Waals surface area contributed by atoms with E-state index in [0.717, 1.165) is 31.4 Å². The van der Waals surface area contributed by atoms with Gasteiger partial charge in [-0.05, 0) is 37.9 Å². The predicted molar refractivity (Wildman–Crippen MR) is 73.7 cm³/mol. The van der Waals surface area contributed by atoms with Crippen molar-refractivity contribution in [2.75, 3.05) is 6.54 Å². The number of carbonyl (C=O) groups excluding carboxylic acids is 1. The average molecular weight is 267 g/mol. The summed E-state index contributed by atoms with van der Waals surface area (Å²) >= 11 is 6.12. The number of benzene rings is 1. The van der Waals surface area contributed by atoms with Crippen molar-refractivity contribution >= 4 is 17.5 Å². The zero-order valence-corrected chi connectivity index (χ0v) is 11.3. The van der Waals surface area contributed by atoms with E-state index in [1.807, 2.05) is 31.2 Å². The summed E-state index contributed by atoms with van der Waals surface area (Å²) in [5.41, 5.74) is 0.961. The van der Waals surface area contributed by atoms with Crippen LogP contribution in [0.1, 0.15) is 37.8 Å². The normalized spacial score (nSPS) is 21.3. The smallest absolute Gasteiger partial charge is 0.237 e. The number of hydrogen-bond donors (Lipinski definition) is 2. The SMILES string of the molecule is C[C@H](NC(=O)[C@H]1CCCCN1)c1ccccc1Cl. The van der Waals surface area contributed by atoms with E-state index in [0.29, 0.717) is 5.02 Å². The molecule has 1 aliphatic heterocycles. The molecule has 0 aliphatic carbocycles. The van der Waals surface area contributed by atoms with Crippen LogP contribution in [-0.4, -0.2) is 18.5 Å². The third-order valence-corrected chi connectivity index (χ3v) is 3.70. The molecule has 0 saturated carbocycles. The van der Waals surface area contributed by atoms with Crippen molar-refractivity contribution < 1.29 is 4.79 Å². The lowest BCUT2D eigenvalue weighted by Gasteiger charge is -2.25. The number of nitrogens with one attached hydrogen (secondary N) is 2. The number of rotatable bonds is 3. The summed E-state index contributed by atoms with van der Waals surface area (Å²) in [5, 5.41) is 6.96. The Morgan fingerprint density at radius 1 is 1.44 bits per heavy atom. The minimum atomic E-state index is -0.0603. The highest BCUT2D eigenvalue weighted by Gasteiger charge is 2.22. The van der Waals surface area contributed by atoms with Crippen molar-refractivity contribution in [1.82, 2.24) is 10.6 Å². The van der Waals surface area contributed by atoms with E-state index < -0.39 is 0 Å². The molecule has 4 heteroatoms. The maximum absolute atomic E-state index is 12.1. The lowest BCUT2D eigenvalue weighted by atomic mass is 10.0. The Labute approximate surface area is 113 Å². The van der Waals surface area contributed by atoms with Gasteiger partial charge < -0.3 is 10.6 Å². The van der Waals surface area contributed by atoms with Gasteiger partial charge in [0.1, 0.15) is 0 Å². The summed E-state index contributed by atoms with van der Waals surface area (Å²) in [6.07, 6.45) is 3.19. The molecular weight excluding hydrogens is 248 g/mol. The van der Waals surface area contributed by atoms with Crippen molar-refractivity contribution in [2.45, 2.75) is 38.3 Å². The van der Waals surface area contributed by atoms with Crippen molar-refractivity contribution in [2.24, 2.45) is 0 Å². The molecule has 1 aliphatic rings. The fraction of sp³-hybridized carbons (Fsp3) is 0.500. The number of amides is 1. The van der Waals surface area contributed by atoms with Gasteiger partial charge in [-0.25, -0.2) is 0 Å². The molecular formula is C14H19ClN2O. The lowest BCUT2D eigenvalue weighted by molar-refractivity contribution is -0.124. The molecule has 2 N–H and O–H groups in total. The van der Waals surface area contributed by atoms with Gasteiger partial charge in [0.2, 0.25) is 5.91 Å². The maximum atomic E-state index is 12.1. The van der Waals surface area contributed by atoms with E-state index in [-0.39, 0.29) is 18.0 Å². The second kappa shape index (κ2) is 6.21. The van der Waals surface area contributed by atoms with Crippen LogP contribution in [-0.2, 0) is 4.79 Å². The Morgan fingerprint density at radius 2 is 2.22 bits per heavy atom. The summed E-state index contributed by atoms with van der Waals surface area (Å²) in [7, 11) is 0. The Kier molecular flexibility index (Phi) is 4.61. The lowest BCUT2D eigenvalue weighted by Crippen LogP contribution is -2.47. The van der Waals surface area contributed by atoms with Crippen LogP contribution in [0, 0.1) is 0 Å². The van der Waals surface area contributed by atoms with Gasteiger partial charge in [-0.3, -0.25) is 4.79 Å². The van der Waals surface area contributed by atoms with Crippen LogP contribution < -0.4 is 10.6 Å². The van der Waals surface area contributed by atoms with Crippen molar-refractivity contribution in [3.05, 3.63) is 34.9 Å². The first kappa shape index (κ1) is 13.4. The Morgan fingerprint density at radius 3 is 2.89 bits per heavy atom. The molecule has 98 valence electrons. The highest BCUT2D eigenvalue weighted by Crippen LogP contribution is 2.22. The molecule has 1 fully saturated rings. The molecule has 0 bridgehead atoms. The monoisotopic (exact) mass is 266 g/mol. The fourth-order valence-corrected chi connectivity index (χ4v) is 2.59. The summed E-state index contributed by atoms with van der Waals surface area (Å²) in [5.74, 6) is 0.0714. The molecule has 1 aromatic carbocycles. The van der Waals surface area contributed by atoms with Crippen LogP contribution in [0.5, 0.6) is 0 Å². The molecule has 1 amide bonds. The van der Waals surface area contributed by atoms with Gasteiger partial charge >= 0.3 is 0 Å². The van der Waals surface area contributed by atoms with Crippen LogP contribution in [0.3, 0.4) is 0 Å². The highest BCUT2D eigenvalue weighted by molar-refractivity contribution is 6.31. The molecule has 2 atom stereocenters. The Bertz CT molecular complexity index is 416. The summed E-state index contributed by atoms with van der Waals surface area (Å²) in [4.78, 5) is 12.1. The van der Waals surface area contributed by atoms with Crippen LogP contribution in [0.15, 0.2) is 24.3 Å². The highest BCUT2D eigenvalue weighted by atomic mass is 35.5. The first-order valence-corrected chi connectivity index (χ1v) is 6.84. The van der Waals surface area contributed by atoms with Gasteiger partial charge in [-0.2, -0.15) is 0 Å². The van der Waals surface area contributed by atoms with E-state index >= 15 is 0 Å². The van der Waals surface area contributed by atoms with E-state index in [1.54, 1.807) is 0 Å². The topological polar surface area (TPSA) is 41.1 Å². The summed E-state index contributed by atoms with van der Waals surface area (Å²) in [6.45, 7) is 2.89. The minimum Gasteiger partial charge on any atom is -0.348 e. The number of carbonyl (C=O) groups is 1. The number of piperidine rings is 1. The second-order valence-corrected chi connectivity index (χ2v) is 5.16. The van der Waals surface area contributed by atoms with Gasteiger partial charge in [0.25, 0.3) is 0 Å². The third kappa shape index (κ3) is 3.24. The molecule has 1 saturated heterocycles. The zero-order valence-electron chi connectivity index (χ0n) is 10.6. The van der Waals surface area contributed by atoms with E-state index in [4.69, 9.17) is 11.6 Å². The van der Waals surface area contributed by atoms with Gasteiger partial charge in [0.15, 0.2) is 0 Å². The molecule has 18 heavy (non-hydrogen) atoms. The van der Waals surface area contributed by atoms with Crippen molar-refractivity contribution in [3.8, 4) is 0 Å². The van der Waals surface area contributed by atoms with Gasteiger partial charge in [0.05, 0.1) is 12.1 Å². The molecule has 0 unspecified atom stereocenters. The molecule has 0 aromatic heterocycles. The molecule has 2 rings (SSSR count). The van der Waals surface area contributed by atoms with Crippen LogP contribution in [0.2, 0.25) is 5.02 Å². The average Bonchev–Trinajstić information content (AvgIpc) is 2.40. The van der Waals surface area contributed by atoms with Crippen molar-refractivity contribution in [3.63, 3.8) is 0 Å². The standard InChI is InChI=1S/C14H19ClN2O/c1-10(11-6-2-3-7-12(11)15)17-14(18)13-8-4-5-9-16-13/h2-3,6-7,10,13,16H,4-5,8-9H2,1H3,(H,17,18)/t10-,13+/m0/s1. The number of halogens is 1. The Hall–Kier alpha value is -1.06. The van der Waals surface area contributed by atoms with Crippen LogP contribution in [0.4, 0.5) is 0 Å². The molecule has 0 spiro atoms. The van der Waals surface area contributed by atoms with E-state index in [9.17, 15) is 4.79 Å². The quantitative estimate of drug-likeness (QED) is 0.883. The summed E-state index contributed by atoms with van der Waals surface area (Å²) < 4.78 is 0. The first-order valence-electron chi connectivity index (χ1n) is 6.46. The third-order valence-electron chi connectivity index (χ3n) is 3.36. The predicted octanol–water partition coefficient (Wildman–Crippen LogP) is 2.66. The van der Waals surface area contributed by atoms with Crippen LogP contribution >= 0.6 is 11.6 Å². The van der Waals surface area contributed by atoms with E-state index in [1.165, 1.54) is 0 Å². The molecule has 1 heterocycles. The largest absolute Gasteiger partial charge is 0.348 e. The van der Waals surface area contributed by atoms with Gasteiger partial charge in [-0.15, -0.1) is 0 Å². The van der Waals surface area contributed by atoms with Crippen molar-refractivity contribution in [1.29, 1.82) is 0 Å². The van der Waals surface area contributed by atoms with E-state index in [2.05, 4.69) is 10.6 Å². The molecule has 0 radical (unpaired) electrons.